The van der Waals surface area contributed by atoms with E-state index in [2.05, 4.69) is 0 Å². The number of halogens is 2. The van der Waals surface area contributed by atoms with Crippen LogP contribution in [0.25, 0.3) is 0 Å². The van der Waals surface area contributed by atoms with Crippen molar-refractivity contribution < 1.29 is 26.7 Å². The second-order valence-electron chi connectivity index (χ2n) is 5.36. The van der Waals surface area contributed by atoms with E-state index in [1.54, 1.807) is 24.3 Å². The van der Waals surface area contributed by atoms with Crippen molar-refractivity contribution in [2.75, 3.05) is 6.61 Å². The number of ether oxygens (including phenoxy) is 1. The quantitative estimate of drug-likeness (QED) is 0.916. The molecule has 0 bridgehead atoms. The van der Waals surface area contributed by atoms with Gasteiger partial charge in [-0.05, 0) is 30.2 Å². The number of carbonyl (C=O) groups excluding carboxylic acids is 1. The first-order valence-electron chi connectivity index (χ1n) is 7.09. The molecule has 3 rings (SSSR count). The summed E-state index contributed by atoms with van der Waals surface area (Å²) in [5.41, 5.74) is 0.786. The zero-order valence-corrected chi connectivity index (χ0v) is 13.1. The van der Waals surface area contributed by atoms with Crippen molar-refractivity contribution in [3.8, 4) is 5.75 Å². The maximum atomic E-state index is 13.6. The van der Waals surface area contributed by atoms with Gasteiger partial charge in [0.15, 0.2) is 0 Å². The number of hydrogen-bond donors (Lipinski definition) is 1. The molecule has 2 aromatic rings. The van der Waals surface area contributed by atoms with Crippen LogP contribution in [-0.4, -0.2) is 20.9 Å². The fraction of sp³-hybridized carbons (Fsp3) is 0.188. The molecule has 0 unspecified atom stereocenters. The lowest BCUT2D eigenvalue weighted by atomic mass is 9.96. The normalized spacial score (nSPS) is 16.8. The Balaban J connectivity index is 1.77. The van der Waals surface area contributed by atoms with Crippen LogP contribution in [-0.2, 0) is 21.2 Å². The van der Waals surface area contributed by atoms with Gasteiger partial charge in [-0.3, -0.25) is 4.79 Å². The molecule has 126 valence electrons. The van der Waals surface area contributed by atoms with Gasteiger partial charge in [-0.2, -0.15) is 0 Å². The van der Waals surface area contributed by atoms with E-state index in [4.69, 9.17) is 4.74 Å². The molecule has 0 saturated carbocycles. The van der Waals surface area contributed by atoms with Gasteiger partial charge < -0.3 is 4.74 Å². The molecule has 1 N–H and O–H groups in total. The molecule has 0 fully saturated rings. The summed E-state index contributed by atoms with van der Waals surface area (Å²) in [5, 5.41) is 0. The first-order valence-corrected chi connectivity index (χ1v) is 8.57. The number of rotatable bonds is 3. The summed E-state index contributed by atoms with van der Waals surface area (Å²) in [6.45, 7) is 0.0181. The summed E-state index contributed by atoms with van der Waals surface area (Å²) in [6.07, 6.45) is 0.309. The maximum absolute atomic E-state index is 13.6. The zero-order valence-electron chi connectivity index (χ0n) is 12.3. The molecule has 0 aliphatic carbocycles. The average Bonchev–Trinajstić information content (AvgIpc) is 2.53. The molecule has 1 heterocycles. The van der Waals surface area contributed by atoms with Gasteiger partial charge in [-0.15, -0.1) is 0 Å². The summed E-state index contributed by atoms with van der Waals surface area (Å²) >= 11 is 0. The molecule has 1 amide bonds. The van der Waals surface area contributed by atoms with Gasteiger partial charge in [0, 0.05) is 6.07 Å². The van der Waals surface area contributed by atoms with E-state index in [1.165, 1.54) is 0 Å². The third-order valence-corrected chi connectivity index (χ3v) is 5.05. The number of amides is 1. The SMILES string of the molecule is O=C(NS(=O)(=O)c1ccc(F)cc1F)[C@@H]1COc2ccccc2C1. The molecule has 2 aromatic carbocycles. The minimum Gasteiger partial charge on any atom is -0.492 e. The van der Waals surface area contributed by atoms with Gasteiger partial charge in [0.2, 0.25) is 5.91 Å². The monoisotopic (exact) mass is 353 g/mol. The molecule has 0 aromatic heterocycles. The van der Waals surface area contributed by atoms with Crippen molar-refractivity contribution in [2.45, 2.75) is 11.3 Å². The second-order valence-corrected chi connectivity index (χ2v) is 7.02. The lowest BCUT2D eigenvalue weighted by Gasteiger charge is -2.24. The number of hydrogen-bond acceptors (Lipinski definition) is 4. The molecule has 1 atom stereocenters. The lowest BCUT2D eigenvalue weighted by Crippen LogP contribution is -2.40. The van der Waals surface area contributed by atoms with Crippen molar-refractivity contribution >= 4 is 15.9 Å². The highest BCUT2D eigenvalue weighted by Crippen LogP contribution is 2.27. The Bertz CT molecular complexity index is 899. The molecule has 1 aliphatic rings. The number of sulfonamides is 1. The highest BCUT2D eigenvalue weighted by Gasteiger charge is 2.30. The van der Waals surface area contributed by atoms with E-state index in [1.807, 2.05) is 4.72 Å². The molecule has 0 radical (unpaired) electrons. The Morgan fingerprint density at radius 1 is 1.17 bits per heavy atom. The van der Waals surface area contributed by atoms with Gasteiger partial charge in [-0.25, -0.2) is 21.9 Å². The third kappa shape index (κ3) is 3.23. The van der Waals surface area contributed by atoms with Crippen LogP contribution in [0.3, 0.4) is 0 Å². The molecule has 1 aliphatic heterocycles. The van der Waals surface area contributed by atoms with Crippen LogP contribution >= 0.6 is 0 Å². The van der Waals surface area contributed by atoms with Crippen molar-refractivity contribution in [1.82, 2.24) is 4.72 Å². The minimum absolute atomic E-state index is 0.0181. The number of carbonyl (C=O) groups is 1. The smallest absolute Gasteiger partial charge is 0.266 e. The highest BCUT2D eigenvalue weighted by molar-refractivity contribution is 7.90. The Labute approximate surface area is 137 Å². The molecular weight excluding hydrogens is 340 g/mol. The topological polar surface area (TPSA) is 72.5 Å². The van der Waals surface area contributed by atoms with Gasteiger partial charge in [0.1, 0.15) is 28.9 Å². The molecule has 0 spiro atoms. The van der Waals surface area contributed by atoms with E-state index in [0.717, 1.165) is 17.7 Å². The fourth-order valence-corrected chi connectivity index (χ4v) is 3.56. The first kappa shape index (κ1) is 16.4. The Hall–Kier alpha value is -2.48. The first-order chi connectivity index (χ1) is 11.4. The summed E-state index contributed by atoms with van der Waals surface area (Å²) in [7, 11) is -4.43. The van der Waals surface area contributed by atoms with Crippen LogP contribution in [0.1, 0.15) is 5.56 Å². The molecular formula is C16H13F2NO4S. The predicted molar refractivity (Wildman–Crippen MR) is 80.8 cm³/mol. The standard InChI is InChI=1S/C16H13F2NO4S/c17-12-5-6-15(13(18)8-12)24(21,22)19-16(20)11-7-10-3-1-2-4-14(10)23-9-11/h1-6,8,11H,7,9H2,(H,19,20)/t11-/m0/s1. The predicted octanol–water partition coefficient (Wildman–Crippen LogP) is 2.02. The lowest BCUT2D eigenvalue weighted by molar-refractivity contribution is -0.124. The summed E-state index contributed by atoms with van der Waals surface area (Å²) in [4.78, 5) is 11.4. The Morgan fingerprint density at radius 3 is 2.67 bits per heavy atom. The van der Waals surface area contributed by atoms with Crippen LogP contribution in [0.4, 0.5) is 8.78 Å². The van der Waals surface area contributed by atoms with Crippen LogP contribution in [0.15, 0.2) is 47.4 Å². The summed E-state index contributed by atoms with van der Waals surface area (Å²) in [6, 6.07) is 9.14. The molecule has 24 heavy (non-hydrogen) atoms. The van der Waals surface area contributed by atoms with Crippen LogP contribution in [0.5, 0.6) is 5.75 Å². The third-order valence-electron chi connectivity index (χ3n) is 3.67. The van der Waals surface area contributed by atoms with Gasteiger partial charge in [0.05, 0.1) is 5.92 Å². The van der Waals surface area contributed by atoms with E-state index in [9.17, 15) is 22.0 Å². The van der Waals surface area contributed by atoms with Gasteiger partial charge in [0.25, 0.3) is 10.0 Å². The van der Waals surface area contributed by atoms with Crippen molar-refractivity contribution in [3.63, 3.8) is 0 Å². The van der Waals surface area contributed by atoms with Crippen molar-refractivity contribution in [1.29, 1.82) is 0 Å². The van der Waals surface area contributed by atoms with E-state index in [0.29, 0.717) is 18.2 Å². The Morgan fingerprint density at radius 2 is 1.92 bits per heavy atom. The Kier molecular flexibility index (Phi) is 4.23. The number of nitrogens with one attached hydrogen (secondary N) is 1. The molecule has 0 saturated heterocycles. The minimum atomic E-state index is -4.43. The van der Waals surface area contributed by atoms with Gasteiger partial charge in [-0.1, -0.05) is 18.2 Å². The fourth-order valence-electron chi connectivity index (χ4n) is 2.46. The van der Waals surface area contributed by atoms with Crippen LogP contribution in [0.2, 0.25) is 0 Å². The molecule has 5 nitrogen and oxygen atoms in total. The van der Waals surface area contributed by atoms with Crippen molar-refractivity contribution in [3.05, 3.63) is 59.7 Å². The summed E-state index contributed by atoms with van der Waals surface area (Å²) < 4.78 is 58.0. The maximum Gasteiger partial charge on any atom is 0.266 e. The highest BCUT2D eigenvalue weighted by atomic mass is 32.2. The van der Waals surface area contributed by atoms with E-state index < -0.39 is 38.4 Å². The molecule has 8 heteroatoms. The van der Waals surface area contributed by atoms with Crippen molar-refractivity contribution in [2.24, 2.45) is 5.92 Å². The van der Waals surface area contributed by atoms with Crippen LogP contribution in [0, 0.1) is 17.6 Å². The second kappa shape index (κ2) is 6.20. The number of para-hydroxylation sites is 1. The van der Waals surface area contributed by atoms with Crippen LogP contribution < -0.4 is 9.46 Å². The van der Waals surface area contributed by atoms with E-state index in [-0.39, 0.29) is 6.61 Å². The number of fused-ring (bicyclic) bond motifs is 1. The van der Waals surface area contributed by atoms with Gasteiger partial charge >= 0.3 is 0 Å². The zero-order chi connectivity index (χ0) is 17.3. The average molecular weight is 353 g/mol. The largest absolute Gasteiger partial charge is 0.492 e. The van der Waals surface area contributed by atoms with E-state index >= 15 is 0 Å². The summed E-state index contributed by atoms with van der Waals surface area (Å²) in [5.74, 6) is -3.05. The number of benzene rings is 2.